The normalized spacial score (nSPS) is 16.2. The maximum atomic E-state index is 13.7. The maximum Gasteiger partial charge on any atom is 0.223 e. The van der Waals surface area contributed by atoms with Gasteiger partial charge in [0.15, 0.2) is 5.96 Å². The van der Waals surface area contributed by atoms with Gasteiger partial charge in [0.1, 0.15) is 5.82 Å². The molecule has 2 N–H and O–H groups in total. The number of aliphatic imine (C=N–C) groups is 1. The fourth-order valence-electron chi connectivity index (χ4n) is 3.68. The molecule has 1 atom stereocenters. The van der Waals surface area contributed by atoms with Gasteiger partial charge >= 0.3 is 0 Å². The monoisotopic (exact) mass is 538 g/mol. The lowest BCUT2D eigenvalue weighted by Gasteiger charge is -2.16. The van der Waals surface area contributed by atoms with E-state index in [0.717, 1.165) is 26.1 Å². The van der Waals surface area contributed by atoms with E-state index in [2.05, 4.69) is 27.8 Å². The summed E-state index contributed by atoms with van der Waals surface area (Å²) >= 11 is 0. The number of halogens is 2. The predicted octanol–water partition coefficient (Wildman–Crippen LogP) is 3.63. The average Bonchev–Trinajstić information content (AvgIpc) is 3.12. The fraction of sp³-hybridized carbons (Fsp3) is 0.417. The van der Waals surface area contributed by atoms with Crippen LogP contribution in [0, 0.1) is 11.7 Å². The van der Waals surface area contributed by atoms with Crippen LogP contribution in [0.1, 0.15) is 24.5 Å². The van der Waals surface area contributed by atoms with Crippen molar-refractivity contribution in [3.05, 3.63) is 71.5 Å². The Morgan fingerprint density at radius 2 is 1.84 bits per heavy atom. The molecule has 0 spiro atoms. The van der Waals surface area contributed by atoms with Crippen LogP contribution in [-0.4, -0.2) is 49.5 Å². The van der Waals surface area contributed by atoms with Gasteiger partial charge in [-0.2, -0.15) is 0 Å². The summed E-state index contributed by atoms with van der Waals surface area (Å²) in [6.45, 7) is 5.47. The van der Waals surface area contributed by atoms with Crippen LogP contribution >= 0.6 is 24.0 Å². The first-order valence-corrected chi connectivity index (χ1v) is 10.7. The van der Waals surface area contributed by atoms with E-state index in [1.807, 2.05) is 36.1 Å². The quantitative estimate of drug-likeness (QED) is 0.292. The molecule has 1 fully saturated rings. The third kappa shape index (κ3) is 8.12. The van der Waals surface area contributed by atoms with Gasteiger partial charge in [-0.25, -0.2) is 4.39 Å². The Hall–Kier alpha value is -2.16. The van der Waals surface area contributed by atoms with Crippen molar-refractivity contribution in [2.24, 2.45) is 10.9 Å². The number of guanidine groups is 1. The lowest BCUT2D eigenvalue weighted by atomic mass is 10.1. The third-order valence-corrected chi connectivity index (χ3v) is 5.30. The van der Waals surface area contributed by atoms with Crippen LogP contribution in [0.15, 0.2) is 59.6 Å². The Morgan fingerprint density at radius 1 is 1.10 bits per heavy atom. The zero-order valence-corrected chi connectivity index (χ0v) is 20.3. The first-order chi connectivity index (χ1) is 14.7. The molecule has 0 bridgehead atoms. The van der Waals surface area contributed by atoms with Gasteiger partial charge in [-0.3, -0.25) is 9.79 Å². The summed E-state index contributed by atoms with van der Waals surface area (Å²) in [7, 11) is 0. The van der Waals surface area contributed by atoms with Gasteiger partial charge in [0, 0.05) is 45.1 Å². The summed E-state index contributed by atoms with van der Waals surface area (Å²) in [5.74, 6) is 0.976. The van der Waals surface area contributed by atoms with E-state index >= 15 is 0 Å². The van der Waals surface area contributed by atoms with Crippen molar-refractivity contribution >= 4 is 35.8 Å². The van der Waals surface area contributed by atoms with Gasteiger partial charge in [-0.1, -0.05) is 48.5 Å². The molecule has 1 amide bonds. The summed E-state index contributed by atoms with van der Waals surface area (Å²) in [5, 5.41) is 6.49. The van der Waals surface area contributed by atoms with Crippen LogP contribution in [0.3, 0.4) is 0 Å². The number of carbonyl (C=O) groups is 1. The van der Waals surface area contributed by atoms with E-state index in [0.29, 0.717) is 37.5 Å². The number of hydrogen-bond acceptors (Lipinski definition) is 2. The average molecular weight is 538 g/mol. The molecule has 1 aliphatic heterocycles. The molecular weight excluding hydrogens is 506 g/mol. The fourth-order valence-corrected chi connectivity index (χ4v) is 3.68. The highest BCUT2D eigenvalue weighted by molar-refractivity contribution is 14.0. The molecule has 5 nitrogen and oxygen atoms in total. The number of hydrogen-bond donors (Lipinski definition) is 2. The Kier molecular flexibility index (Phi) is 10.8. The molecule has 0 radical (unpaired) electrons. The van der Waals surface area contributed by atoms with Gasteiger partial charge in [0.2, 0.25) is 5.91 Å². The minimum Gasteiger partial charge on any atom is -0.357 e. The lowest BCUT2D eigenvalue weighted by Crippen LogP contribution is -2.38. The molecule has 0 saturated carbocycles. The molecule has 168 valence electrons. The SMILES string of the molecule is CCNC(=NCC1CC(=O)N(CCc2ccccc2)C1)NCCc1ccccc1F.I. The topological polar surface area (TPSA) is 56.7 Å². The zero-order valence-electron chi connectivity index (χ0n) is 18.0. The molecule has 1 aliphatic rings. The van der Waals surface area contributed by atoms with Crippen LogP contribution in [0.5, 0.6) is 0 Å². The second-order valence-electron chi connectivity index (χ2n) is 7.63. The van der Waals surface area contributed by atoms with Crippen LogP contribution in [0.25, 0.3) is 0 Å². The molecule has 1 unspecified atom stereocenters. The minimum atomic E-state index is -0.179. The van der Waals surface area contributed by atoms with E-state index in [-0.39, 0.29) is 41.6 Å². The summed E-state index contributed by atoms with van der Waals surface area (Å²) in [4.78, 5) is 19.0. The van der Waals surface area contributed by atoms with Crippen LogP contribution in [-0.2, 0) is 17.6 Å². The molecule has 2 aromatic carbocycles. The molecule has 0 aromatic heterocycles. The molecule has 7 heteroatoms. The van der Waals surface area contributed by atoms with Gasteiger partial charge < -0.3 is 15.5 Å². The number of likely N-dealkylation sites (tertiary alicyclic amines) is 1. The van der Waals surface area contributed by atoms with Crippen molar-refractivity contribution in [2.75, 3.05) is 32.7 Å². The molecule has 0 aliphatic carbocycles. The van der Waals surface area contributed by atoms with Gasteiger partial charge in [0.25, 0.3) is 0 Å². The van der Waals surface area contributed by atoms with Gasteiger partial charge in [0.05, 0.1) is 0 Å². The first-order valence-electron chi connectivity index (χ1n) is 10.7. The smallest absolute Gasteiger partial charge is 0.223 e. The van der Waals surface area contributed by atoms with E-state index in [4.69, 9.17) is 0 Å². The zero-order chi connectivity index (χ0) is 21.2. The Labute approximate surface area is 201 Å². The van der Waals surface area contributed by atoms with E-state index in [9.17, 15) is 9.18 Å². The van der Waals surface area contributed by atoms with Crippen molar-refractivity contribution in [2.45, 2.75) is 26.2 Å². The van der Waals surface area contributed by atoms with E-state index in [1.54, 1.807) is 12.1 Å². The number of benzene rings is 2. The summed E-state index contributed by atoms with van der Waals surface area (Å²) in [6.07, 6.45) is 2.02. The largest absolute Gasteiger partial charge is 0.357 e. The molecule has 1 saturated heterocycles. The first kappa shape index (κ1) is 25.1. The van der Waals surface area contributed by atoms with Crippen LogP contribution in [0.2, 0.25) is 0 Å². The number of carbonyl (C=O) groups excluding carboxylic acids is 1. The summed E-state index contributed by atoms with van der Waals surface area (Å²) in [5.41, 5.74) is 1.94. The Balaban J connectivity index is 0.00000341. The summed E-state index contributed by atoms with van der Waals surface area (Å²) < 4.78 is 13.7. The second kappa shape index (κ2) is 13.3. The highest BCUT2D eigenvalue weighted by Gasteiger charge is 2.28. The number of rotatable bonds is 9. The third-order valence-electron chi connectivity index (χ3n) is 5.30. The van der Waals surface area contributed by atoms with Crippen molar-refractivity contribution in [3.8, 4) is 0 Å². The highest BCUT2D eigenvalue weighted by atomic mass is 127. The Bertz CT molecular complexity index is 846. The molecule has 31 heavy (non-hydrogen) atoms. The van der Waals surface area contributed by atoms with Gasteiger partial charge in [-0.15, -0.1) is 24.0 Å². The number of nitrogens with zero attached hydrogens (tertiary/aromatic N) is 2. The van der Waals surface area contributed by atoms with Crippen molar-refractivity contribution in [1.29, 1.82) is 0 Å². The molecular formula is C24H32FIN4O. The van der Waals surface area contributed by atoms with Crippen LogP contribution in [0.4, 0.5) is 4.39 Å². The van der Waals surface area contributed by atoms with Crippen LogP contribution < -0.4 is 10.6 Å². The van der Waals surface area contributed by atoms with Crippen molar-refractivity contribution in [3.63, 3.8) is 0 Å². The lowest BCUT2D eigenvalue weighted by molar-refractivity contribution is -0.127. The second-order valence-corrected chi connectivity index (χ2v) is 7.63. The van der Waals surface area contributed by atoms with Crippen molar-refractivity contribution in [1.82, 2.24) is 15.5 Å². The highest BCUT2D eigenvalue weighted by Crippen LogP contribution is 2.18. The molecule has 2 aromatic rings. The summed E-state index contributed by atoms with van der Waals surface area (Å²) in [6, 6.07) is 17.1. The standard InChI is InChI=1S/C24H31FN4O.HI/c1-2-26-24(27-14-12-21-10-6-7-11-22(21)25)28-17-20-16-23(30)29(18-20)15-13-19-8-4-3-5-9-19;/h3-11,20H,2,12-18H2,1H3,(H2,26,27,28);1H. The molecule has 3 rings (SSSR count). The maximum absolute atomic E-state index is 13.7. The van der Waals surface area contributed by atoms with E-state index in [1.165, 1.54) is 11.6 Å². The number of nitrogens with one attached hydrogen (secondary N) is 2. The van der Waals surface area contributed by atoms with Crippen molar-refractivity contribution < 1.29 is 9.18 Å². The molecule has 1 heterocycles. The Morgan fingerprint density at radius 3 is 2.58 bits per heavy atom. The number of amides is 1. The minimum absolute atomic E-state index is 0. The predicted molar refractivity (Wildman–Crippen MR) is 134 cm³/mol. The van der Waals surface area contributed by atoms with E-state index < -0.39 is 0 Å². The van der Waals surface area contributed by atoms with Gasteiger partial charge in [-0.05, 0) is 37.0 Å².